The predicted molar refractivity (Wildman–Crippen MR) is 97.2 cm³/mol. The number of anilines is 1. The summed E-state index contributed by atoms with van der Waals surface area (Å²) in [6.07, 6.45) is 2.12. The van der Waals surface area contributed by atoms with Crippen LogP contribution in [0.1, 0.15) is 17.3 Å². The van der Waals surface area contributed by atoms with Crippen molar-refractivity contribution in [3.8, 4) is 11.5 Å². The molecule has 130 valence electrons. The summed E-state index contributed by atoms with van der Waals surface area (Å²) in [5.41, 5.74) is 8.86. The van der Waals surface area contributed by atoms with E-state index >= 15 is 0 Å². The third-order valence-corrected chi connectivity index (χ3v) is 4.26. The van der Waals surface area contributed by atoms with Crippen molar-refractivity contribution in [1.29, 1.82) is 0 Å². The van der Waals surface area contributed by atoms with Crippen LogP contribution >= 0.6 is 0 Å². The number of nitrogens with zero attached hydrogens (tertiary/aromatic N) is 2. The molecule has 1 aromatic heterocycles. The van der Waals surface area contributed by atoms with Gasteiger partial charge in [0.2, 0.25) is 5.91 Å². The van der Waals surface area contributed by atoms with Crippen molar-refractivity contribution in [2.75, 3.05) is 20.0 Å². The zero-order valence-corrected chi connectivity index (χ0v) is 14.5. The van der Waals surface area contributed by atoms with Crippen molar-refractivity contribution in [3.05, 3.63) is 48.3 Å². The molecule has 6 nitrogen and oxygen atoms in total. The van der Waals surface area contributed by atoms with Crippen molar-refractivity contribution in [2.24, 2.45) is 5.92 Å². The smallest absolute Gasteiger partial charge is 0.235 e. The van der Waals surface area contributed by atoms with E-state index in [2.05, 4.69) is 4.98 Å². The number of hydrogen-bond acceptors (Lipinski definition) is 5. The Balaban J connectivity index is 1.84. The van der Waals surface area contributed by atoms with Crippen LogP contribution < -0.4 is 15.2 Å². The van der Waals surface area contributed by atoms with Gasteiger partial charge >= 0.3 is 0 Å². The topological polar surface area (TPSA) is 79.4 Å². The maximum atomic E-state index is 12.8. The Labute approximate surface area is 146 Å². The summed E-state index contributed by atoms with van der Waals surface area (Å²) >= 11 is 0. The summed E-state index contributed by atoms with van der Waals surface area (Å²) in [6.45, 7) is 1.90. The first-order valence-electron chi connectivity index (χ1n) is 8.01. The molecule has 1 unspecified atom stereocenters. The van der Waals surface area contributed by atoms with Crippen molar-refractivity contribution in [2.45, 2.75) is 13.3 Å². The summed E-state index contributed by atoms with van der Waals surface area (Å²) in [6, 6.07) is 11.1. The molecule has 2 aromatic carbocycles. The highest BCUT2D eigenvalue weighted by atomic mass is 16.5. The fourth-order valence-electron chi connectivity index (χ4n) is 2.92. The van der Waals surface area contributed by atoms with Crippen LogP contribution in [0.2, 0.25) is 0 Å². The second kappa shape index (κ2) is 6.84. The summed E-state index contributed by atoms with van der Waals surface area (Å²) in [5.74, 6) is 1.07. The molecule has 0 bridgehead atoms. The zero-order valence-electron chi connectivity index (χ0n) is 14.5. The molecular formula is C19H21N3O3. The van der Waals surface area contributed by atoms with Crippen molar-refractivity contribution < 1.29 is 14.3 Å². The van der Waals surface area contributed by atoms with Crippen LogP contribution in [-0.2, 0) is 6.42 Å². The number of carbonyl (C=O) groups excluding carboxylic acids is 1. The Kier molecular flexibility index (Phi) is 4.61. The number of imidazole rings is 1. The van der Waals surface area contributed by atoms with Crippen LogP contribution in [0.5, 0.6) is 11.5 Å². The number of rotatable bonds is 5. The van der Waals surface area contributed by atoms with Gasteiger partial charge in [-0.2, -0.15) is 0 Å². The van der Waals surface area contributed by atoms with Gasteiger partial charge < -0.3 is 15.2 Å². The van der Waals surface area contributed by atoms with Gasteiger partial charge in [0.15, 0.2) is 11.5 Å². The summed E-state index contributed by atoms with van der Waals surface area (Å²) in [4.78, 5) is 17.1. The molecule has 1 heterocycles. The average molecular weight is 339 g/mol. The van der Waals surface area contributed by atoms with E-state index in [9.17, 15) is 4.79 Å². The van der Waals surface area contributed by atoms with Gasteiger partial charge in [-0.1, -0.05) is 19.1 Å². The maximum absolute atomic E-state index is 12.8. The highest BCUT2D eigenvalue weighted by Crippen LogP contribution is 2.29. The van der Waals surface area contributed by atoms with E-state index in [-0.39, 0.29) is 11.8 Å². The molecule has 25 heavy (non-hydrogen) atoms. The third-order valence-electron chi connectivity index (χ3n) is 4.26. The number of para-hydroxylation sites is 1. The van der Waals surface area contributed by atoms with Crippen LogP contribution in [0.15, 0.2) is 42.7 Å². The molecule has 0 amide bonds. The first-order chi connectivity index (χ1) is 12.0. The first kappa shape index (κ1) is 16.8. The summed E-state index contributed by atoms with van der Waals surface area (Å²) in [5, 5.41) is 0. The number of hydrogen-bond donors (Lipinski definition) is 1. The molecule has 1 atom stereocenters. The van der Waals surface area contributed by atoms with Gasteiger partial charge in [-0.05, 0) is 36.2 Å². The quantitative estimate of drug-likeness (QED) is 0.722. The van der Waals surface area contributed by atoms with Crippen molar-refractivity contribution in [1.82, 2.24) is 9.55 Å². The van der Waals surface area contributed by atoms with E-state index in [0.717, 1.165) is 11.1 Å². The highest BCUT2D eigenvalue weighted by molar-refractivity contribution is 5.95. The molecule has 0 saturated heterocycles. The minimum Gasteiger partial charge on any atom is -0.493 e. The molecule has 0 aliphatic heterocycles. The monoisotopic (exact) mass is 339 g/mol. The molecule has 0 aliphatic carbocycles. The van der Waals surface area contributed by atoms with Gasteiger partial charge in [0, 0.05) is 5.92 Å². The van der Waals surface area contributed by atoms with Crippen LogP contribution in [-0.4, -0.2) is 29.7 Å². The van der Waals surface area contributed by atoms with Crippen LogP contribution in [0.25, 0.3) is 11.0 Å². The average Bonchev–Trinajstić information content (AvgIpc) is 3.06. The van der Waals surface area contributed by atoms with Gasteiger partial charge in [-0.15, -0.1) is 0 Å². The lowest BCUT2D eigenvalue weighted by molar-refractivity contribution is 0.0849. The van der Waals surface area contributed by atoms with Crippen LogP contribution in [0.4, 0.5) is 5.69 Å². The molecule has 6 heteroatoms. The molecule has 0 aliphatic rings. The highest BCUT2D eigenvalue weighted by Gasteiger charge is 2.19. The fourth-order valence-corrected chi connectivity index (χ4v) is 2.92. The Morgan fingerprint density at radius 3 is 2.68 bits per heavy atom. The van der Waals surface area contributed by atoms with Gasteiger partial charge in [0.25, 0.3) is 0 Å². The number of ether oxygens (including phenoxy) is 2. The number of fused-ring (bicyclic) bond motifs is 1. The number of nitrogen functional groups attached to an aromatic ring is 1. The van der Waals surface area contributed by atoms with Crippen LogP contribution in [0.3, 0.4) is 0 Å². The number of aromatic nitrogens is 2. The molecule has 2 N–H and O–H groups in total. The first-order valence-corrected chi connectivity index (χ1v) is 8.01. The maximum Gasteiger partial charge on any atom is 0.235 e. The molecule has 0 radical (unpaired) electrons. The Bertz CT molecular complexity index is 917. The van der Waals surface area contributed by atoms with Crippen molar-refractivity contribution in [3.63, 3.8) is 0 Å². The number of nitrogens with two attached hydrogens (primary N) is 1. The summed E-state index contributed by atoms with van der Waals surface area (Å²) in [7, 11) is 3.19. The number of carbonyl (C=O) groups is 1. The van der Waals surface area contributed by atoms with E-state index in [4.69, 9.17) is 15.2 Å². The van der Waals surface area contributed by atoms with Gasteiger partial charge in [0.05, 0.1) is 25.4 Å². The largest absolute Gasteiger partial charge is 0.493 e. The molecule has 0 saturated carbocycles. The molecular weight excluding hydrogens is 318 g/mol. The lowest BCUT2D eigenvalue weighted by atomic mass is 10.00. The second-order valence-corrected chi connectivity index (χ2v) is 5.96. The fraction of sp³-hybridized carbons (Fsp3) is 0.263. The summed E-state index contributed by atoms with van der Waals surface area (Å²) < 4.78 is 12.1. The lowest BCUT2D eigenvalue weighted by Gasteiger charge is -2.14. The van der Waals surface area contributed by atoms with E-state index in [1.54, 1.807) is 24.9 Å². The van der Waals surface area contributed by atoms with Crippen molar-refractivity contribution >= 4 is 22.6 Å². The SMILES string of the molecule is COc1ccc(CC(C)C(=O)n2cnc3c(N)cccc32)cc1OC. The predicted octanol–water partition coefficient (Wildman–Crippen LogP) is 3.15. The van der Waals surface area contributed by atoms with Gasteiger partial charge in [-0.25, -0.2) is 4.98 Å². The Morgan fingerprint density at radius 2 is 1.96 bits per heavy atom. The van der Waals surface area contributed by atoms with E-state index in [0.29, 0.717) is 29.1 Å². The Hall–Kier alpha value is -3.02. The zero-order chi connectivity index (χ0) is 18.0. The number of methoxy groups -OCH3 is 2. The number of benzene rings is 2. The normalized spacial score (nSPS) is 12.1. The van der Waals surface area contributed by atoms with E-state index < -0.39 is 0 Å². The lowest BCUT2D eigenvalue weighted by Crippen LogP contribution is -2.20. The standard InChI is InChI=1S/C19H21N3O3/c1-12(9-13-7-8-16(24-2)17(10-13)25-3)19(23)22-11-21-18-14(20)5-4-6-15(18)22/h4-8,10-12H,9,20H2,1-3H3. The van der Waals surface area contributed by atoms with Crippen LogP contribution in [0, 0.1) is 5.92 Å². The molecule has 0 spiro atoms. The second-order valence-electron chi connectivity index (χ2n) is 5.96. The molecule has 0 fully saturated rings. The Morgan fingerprint density at radius 1 is 1.20 bits per heavy atom. The minimum absolute atomic E-state index is 0.0251. The van der Waals surface area contributed by atoms with Gasteiger partial charge in [-0.3, -0.25) is 9.36 Å². The third kappa shape index (κ3) is 3.15. The van der Waals surface area contributed by atoms with E-state index in [1.807, 2.05) is 37.3 Å². The molecule has 3 rings (SSSR count). The van der Waals surface area contributed by atoms with E-state index in [1.165, 1.54) is 6.33 Å². The minimum atomic E-state index is -0.225. The molecule has 3 aromatic rings. The van der Waals surface area contributed by atoms with Gasteiger partial charge in [0.1, 0.15) is 11.8 Å².